The minimum Gasteiger partial charge on any atom is -0.464 e. The van der Waals surface area contributed by atoms with Crippen molar-refractivity contribution in [1.29, 1.82) is 0 Å². The molecule has 2 N–H and O–H groups in total. The Bertz CT molecular complexity index is 857. The van der Waals surface area contributed by atoms with Gasteiger partial charge in [-0.25, -0.2) is 9.59 Å². The van der Waals surface area contributed by atoms with Crippen molar-refractivity contribution >= 4 is 46.6 Å². The Morgan fingerprint density at radius 3 is 2.65 bits per heavy atom. The molecule has 3 rings (SSSR count). The fourth-order valence-electron chi connectivity index (χ4n) is 2.64. The predicted octanol–water partition coefficient (Wildman–Crippen LogP) is 3.26. The molecule has 2 aromatic carbocycles. The number of urea groups is 1. The van der Waals surface area contributed by atoms with E-state index in [9.17, 15) is 14.4 Å². The number of rotatable bonds is 3. The molecule has 134 valence electrons. The molecule has 8 heteroatoms. The number of esters is 1. The number of fused-ring (bicyclic) bond motifs is 1. The molecule has 3 amide bonds. The highest BCUT2D eigenvalue weighted by Crippen LogP contribution is 2.35. The van der Waals surface area contributed by atoms with Crippen LogP contribution in [0.2, 0.25) is 5.02 Å². The predicted molar refractivity (Wildman–Crippen MR) is 98.4 cm³/mol. The molecule has 0 saturated carbocycles. The number of anilines is 3. The molecule has 1 atom stereocenters. The van der Waals surface area contributed by atoms with E-state index in [0.29, 0.717) is 22.1 Å². The van der Waals surface area contributed by atoms with Crippen LogP contribution in [-0.4, -0.2) is 30.6 Å². The number of halogens is 1. The number of ether oxygens (including phenoxy) is 1. The average molecular weight is 374 g/mol. The fraction of sp³-hybridized carbons (Fsp3) is 0.167. The van der Waals surface area contributed by atoms with Gasteiger partial charge in [0.2, 0.25) is 6.04 Å². The Balaban J connectivity index is 2.01. The first-order valence-corrected chi connectivity index (χ1v) is 8.31. The summed E-state index contributed by atoms with van der Waals surface area (Å²) in [6.07, 6.45) is 0. The van der Waals surface area contributed by atoms with Gasteiger partial charge in [0.1, 0.15) is 0 Å². The van der Waals surface area contributed by atoms with Gasteiger partial charge in [-0.2, -0.15) is 0 Å². The van der Waals surface area contributed by atoms with Gasteiger partial charge in [-0.3, -0.25) is 9.69 Å². The molecular weight excluding hydrogens is 358 g/mol. The van der Waals surface area contributed by atoms with E-state index in [4.69, 9.17) is 16.3 Å². The molecule has 0 spiro atoms. The summed E-state index contributed by atoms with van der Waals surface area (Å²) in [6, 6.07) is 11.3. The molecule has 0 radical (unpaired) electrons. The number of nitrogens with one attached hydrogen (secondary N) is 2. The Morgan fingerprint density at radius 1 is 1.23 bits per heavy atom. The lowest BCUT2D eigenvalue weighted by Crippen LogP contribution is -2.56. The normalized spacial score (nSPS) is 15.7. The van der Waals surface area contributed by atoms with Crippen molar-refractivity contribution in [3.8, 4) is 0 Å². The molecule has 0 saturated heterocycles. The first-order chi connectivity index (χ1) is 12.5. The van der Waals surface area contributed by atoms with Gasteiger partial charge >= 0.3 is 12.0 Å². The van der Waals surface area contributed by atoms with Crippen LogP contribution >= 0.6 is 11.6 Å². The van der Waals surface area contributed by atoms with Crippen molar-refractivity contribution in [3.63, 3.8) is 0 Å². The SMILES string of the molecule is CCOC(=O)C1C(=O)Nc2cc(Cl)ccc2N1C(=O)Nc1ccccc1. The minimum absolute atomic E-state index is 0.0875. The maximum absolute atomic E-state index is 12.9. The summed E-state index contributed by atoms with van der Waals surface area (Å²) in [7, 11) is 0. The van der Waals surface area contributed by atoms with Crippen molar-refractivity contribution in [2.24, 2.45) is 0 Å². The number of amides is 3. The number of benzene rings is 2. The lowest BCUT2D eigenvalue weighted by atomic mass is 10.1. The van der Waals surface area contributed by atoms with Gasteiger partial charge in [0.05, 0.1) is 18.0 Å². The van der Waals surface area contributed by atoms with Crippen molar-refractivity contribution in [2.75, 3.05) is 22.1 Å². The quantitative estimate of drug-likeness (QED) is 0.638. The van der Waals surface area contributed by atoms with Crippen LogP contribution in [0.25, 0.3) is 0 Å². The van der Waals surface area contributed by atoms with Crippen LogP contribution in [0, 0.1) is 0 Å². The monoisotopic (exact) mass is 373 g/mol. The summed E-state index contributed by atoms with van der Waals surface area (Å²) in [6.45, 7) is 1.71. The third kappa shape index (κ3) is 3.48. The standard InChI is InChI=1S/C18H16ClN3O4/c1-2-26-17(24)15-16(23)21-13-10-11(19)8-9-14(13)22(15)18(25)20-12-6-4-3-5-7-12/h3-10,15H,2H2,1H3,(H,20,25)(H,21,23). The van der Waals surface area contributed by atoms with Crippen LogP contribution in [0.3, 0.4) is 0 Å². The van der Waals surface area contributed by atoms with E-state index >= 15 is 0 Å². The maximum atomic E-state index is 12.9. The zero-order chi connectivity index (χ0) is 18.7. The van der Waals surface area contributed by atoms with Gasteiger partial charge in [0, 0.05) is 10.7 Å². The van der Waals surface area contributed by atoms with Gasteiger partial charge in [-0.15, -0.1) is 0 Å². The average Bonchev–Trinajstić information content (AvgIpc) is 2.61. The molecule has 0 aromatic heterocycles. The molecule has 0 aliphatic carbocycles. The number of carbonyl (C=O) groups is 3. The molecule has 1 aliphatic heterocycles. The summed E-state index contributed by atoms with van der Waals surface area (Å²) in [4.78, 5) is 38.7. The van der Waals surface area contributed by atoms with Gasteiger partial charge in [0.25, 0.3) is 5.91 Å². The van der Waals surface area contributed by atoms with Gasteiger partial charge in [0.15, 0.2) is 0 Å². The summed E-state index contributed by atoms with van der Waals surface area (Å²) in [5, 5.41) is 5.66. The zero-order valence-electron chi connectivity index (χ0n) is 13.9. The minimum atomic E-state index is -1.44. The molecule has 1 unspecified atom stereocenters. The van der Waals surface area contributed by atoms with Crippen LogP contribution in [0.1, 0.15) is 6.92 Å². The van der Waals surface area contributed by atoms with Crippen molar-refractivity contribution < 1.29 is 19.1 Å². The molecular formula is C18H16ClN3O4. The van der Waals surface area contributed by atoms with Gasteiger partial charge in [-0.05, 0) is 37.3 Å². The highest BCUT2D eigenvalue weighted by Gasteiger charge is 2.43. The number of para-hydroxylation sites is 1. The fourth-order valence-corrected chi connectivity index (χ4v) is 2.81. The van der Waals surface area contributed by atoms with E-state index in [-0.39, 0.29) is 6.61 Å². The van der Waals surface area contributed by atoms with Gasteiger partial charge < -0.3 is 15.4 Å². The molecule has 1 aliphatic rings. The zero-order valence-corrected chi connectivity index (χ0v) is 14.6. The van der Waals surface area contributed by atoms with Crippen molar-refractivity contribution in [3.05, 3.63) is 53.6 Å². The third-order valence-corrected chi connectivity index (χ3v) is 3.97. The molecule has 0 bridgehead atoms. The second kappa shape index (κ2) is 7.45. The van der Waals surface area contributed by atoms with Crippen LogP contribution in [0.15, 0.2) is 48.5 Å². The van der Waals surface area contributed by atoms with E-state index in [1.54, 1.807) is 43.3 Å². The highest BCUT2D eigenvalue weighted by atomic mass is 35.5. The van der Waals surface area contributed by atoms with E-state index in [1.165, 1.54) is 6.07 Å². The van der Waals surface area contributed by atoms with E-state index < -0.39 is 23.9 Å². The lowest BCUT2D eigenvalue weighted by Gasteiger charge is -2.34. The Hall–Kier alpha value is -3.06. The van der Waals surface area contributed by atoms with E-state index in [2.05, 4.69) is 10.6 Å². The van der Waals surface area contributed by atoms with E-state index in [1.807, 2.05) is 6.07 Å². The Labute approximate surface area is 154 Å². The molecule has 2 aromatic rings. The molecule has 0 fully saturated rings. The van der Waals surface area contributed by atoms with Gasteiger partial charge in [-0.1, -0.05) is 29.8 Å². The molecule has 7 nitrogen and oxygen atoms in total. The molecule has 1 heterocycles. The van der Waals surface area contributed by atoms with Crippen LogP contribution < -0.4 is 15.5 Å². The topological polar surface area (TPSA) is 87.7 Å². The smallest absolute Gasteiger partial charge is 0.339 e. The van der Waals surface area contributed by atoms with Crippen LogP contribution in [0.4, 0.5) is 21.9 Å². The Kier molecular flexibility index (Phi) is 5.09. The maximum Gasteiger partial charge on any atom is 0.339 e. The van der Waals surface area contributed by atoms with Crippen LogP contribution in [0.5, 0.6) is 0 Å². The lowest BCUT2D eigenvalue weighted by molar-refractivity contribution is -0.147. The van der Waals surface area contributed by atoms with E-state index in [0.717, 1.165) is 4.90 Å². The molecule has 26 heavy (non-hydrogen) atoms. The van der Waals surface area contributed by atoms with Crippen molar-refractivity contribution in [1.82, 2.24) is 0 Å². The van der Waals surface area contributed by atoms with Crippen molar-refractivity contribution in [2.45, 2.75) is 13.0 Å². The number of hydrogen-bond donors (Lipinski definition) is 2. The Morgan fingerprint density at radius 2 is 1.96 bits per heavy atom. The summed E-state index contributed by atoms with van der Waals surface area (Å²) >= 11 is 5.97. The highest BCUT2D eigenvalue weighted by molar-refractivity contribution is 6.31. The van der Waals surface area contributed by atoms with Crippen LogP contribution in [-0.2, 0) is 14.3 Å². The first-order valence-electron chi connectivity index (χ1n) is 7.93. The summed E-state index contributed by atoms with van der Waals surface area (Å²) in [5.41, 5.74) is 1.22. The summed E-state index contributed by atoms with van der Waals surface area (Å²) < 4.78 is 4.97. The first kappa shape index (κ1) is 17.8. The second-order valence-electron chi connectivity index (χ2n) is 5.47. The summed E-state index contributed by atoms with van der Waals surface area (Å²) in [5.74, 6) is -1.48. The second-order valence-corrected chi connectivity index (χ2v) is 5.91. The number of carbonyl (C=O) groups excluding carboxylic acids is 3. The largest absolute Gasteiger partial charge is 0.464 e. The number of hydrogen-bond acceptors (Lipinski definition) is 4. The number of nitrogens with zero attached hydrogens (tertiary/aromatic N) is 1. The third-order valence-electron chi connectivity index (χ3n) is 3.74.